The van der Waals surface area contributed by atoms with Crippen molar-refractivity contribution in [1.82, 2.24) is 9.88 Å². The number of pyridine rings is 1. The van der Waals surface area contributed by atoms with E-state index in [9.17, 15) is 9.59 Å². The number of anilines is 1. The molecule has 1 aromatic heterocycles. The number of carboxylic acids is 1. The normalized spacial score (nSPS) is 18.7. The number of aliphatic carboxylic acids is 1. The number of urea groups is 1. The molecule has 0 spiro atoms. The van der Waals surface area contributed by atoms with Crippen molar-refractivity contribution in [2.45, 2.75) is 6.42 Å². The summed E-state index contributed by atoms with van der Waals surface area (Å²) in [6.07, 6.45) is 3.66. The van der Waals surface area contributed by atoms with Gasteiger partial charge in [0.2, 0.25) is 0 Å². The van der Waals surface area contributed by atoms with E-state index >= 15 is 0 Å². The lowest BCUT2D eigenvalue weighted by Gasteiger charge is -2.17. The van der Waals surface area contributed by atoms with E-state index < -0.39 is 11.9 Å². The fraction of sp³-hybridized carbons (Fsp3) is 0.364. The van der Waals surface area contributed by atoms with E-state index in [2.05, 4.69) is 26.2 Å². The number of amides is 2. The summed E-state index contributed by atoms with van der Waals surface area (Å²) in [5.74, 6) is -1.31. The number of carbonyl (C=O) groups is 2. The van der Waals surface area contributed by atoms with Gasteiger partial charge < -0.3 is 15.3 Å². The highest BCUT2D eigenvalue weighted by Crippen LogP contribution is 2.22. The second-order valence-corrected chi connectivity index (χ2v) is 4.91. The monoisotopic (exact) mass is 313 g/mol. The van der Waals surface area contributed by atoms with Crippen LogP contribution in [0.25, 0.3) is 0 Å². The third-order valence-electron chi connectivity index (χ3n) is 2.84. The maximum Gasteiger partial charge on any atom is 0.321 e. The number of halogens is 1. The van der Waals surface area contributed by atoms with E-state index in [1.165, 1.54) is 4.90 Å². The van der Waals surface area contributed by atoms with Gasteiger partial charge in [-0.3, -0.25) is 9.78 Å². The Morgan fingerprint density at radius 3 is 2.94 bits per heavy atom. The van der Waals surface area contributed by atoms with Gasteiger partial charge in [-0.2, -0.15) is 0 Å². The molecule has 2 rings (SSSR count). The van der Waals surface area contributed by atoms with Crippen LogP contribution in [0.1, 0.15) is 6.42 Å². The molecule has 1 unspecified atom stereocenters. The number of carbonyl (C=O) groups excluding carboxylic acids is 1. The number of nitrogens with zero attached hydrogens (tertiary/aromatic N) is 2. The molecule has 0 radical (unpaired) electrons. The fourth-order valence-corrected chi connectivity index (χ4v) is 2.17. The zero-order valence-corrected chi connectivity index (χ0v) is 11.1. The molecule has 0 saturated carbocycles. The molecule has 1 aromatic rings. The minimum Gasteiger partial charge on any atom is -0.481 e. The average molecular weight is 314 g/mol. The summed E-state index contributed by atoms with van der Waals surface area (Å²) >= 11 is 3.28. The number of hydrogen-bond acceptors (Lipinski definition) is 3. The van der Waals surface area contributed by atoms with Crippen LogP contribution in [0.15, 0.2) is 22.9 Å². The van der Waals surface area contributed by atoms with Crippen LogP contribution in [-0.4, -0.2) is 40.1 Å². The molecule has 1 aliphatic rings. The number of rotatable bonds is 2. The lowest BCUT2D eigenvalue weighted by atomic mass is 10.1. The van der Waals surface area contributed by atoms with Crippen LogP contribution in [0.2, 0.25) is 0 Å². The van der Waals surface area contributed by atoms with Gasteiger partial charge in [0.15, 0.2) is 0 Å². The third-order valence-corrected chi connectivity index (χ3v) is 3.47. The van der Waals surface area contributed by atoms with Crippen LogP contribution < -0.4 is 5.32 Å². The molecule has 0 aliphatic carbocycles. The maximum absolute atomic E-state index is 11.9. The van der Waals surface area contributed by atoms with Gasteiger partial charge in [-0.15, -0.1) is 0 Å². The minimum absolute atomic E-state index is 0.254. The van der Waals surface area contributed by atoms with Gasteiger partial charge in [0.1, 0.15) is 0 Å². The number of aromatic nitrogens is 1. The minimum atomic E-state index is -0.851. The summed E-state index contributed by atoms with van der Waals surface area (Å²) < 4.78 is 0.687. The average Bonchev–Trinajstić information content (AvgIpc) is 2.81. The van der Waals surface area contributed by atoms with Gasteiger partial charge >= 0.3 is 12.0 Å². The highest BCUT2D eigenvalue weighted by molar-refractivity contribution is 9.10. The molecule has 6 nitrogen and oxygen atoms in total. The number of likely N-dealkylation sites (tertiary alicyclic amines) is 1. The molecule has 2 amide bonds. The second-order valence-electron chi connectivity index (χ2n) is 4.06. The van der Waals surface area contributed by atoms with Gasteiger partial charge in [-0.05, 0) is 28.4 Å². The van der Waals surface area contributed by atoms with Crippen molar-refractivity contribution in [3.63, 3.8) is 0 Å². The van der Waals surface area contributed by atoms with Gasteiger partial charge in [0, 0.05) is 25.5 Å². The predicted molar refractivity (Wildman–Crippen MR) is 68.3 cm³/mol. The molecule has 18 heavy (non-hydrogen) atoms. The van der Waals surface area contributed by atoms with Crippen LogP contribution in [0.4, 0.5) is 10.5 Å². The number of carboxylic acid groups (broad SMARTS) is 1. The second kappa shape index (κ2) is 5.34. The van der Waals surface area contributed by atoms with Crippen molar-refractivity contribution in [1.29, 1.82) is 0 Å². The largest absolute Gasteiger partial charge is 0.481 e. The van der Waals surface area contributed by atoms with E-state index in [1.807, 2.05) is 0 Å². The van der Waals surface area contributed by atoms with Crippen LogP contribution in [0.3, 0.4) is 0 Å². The first kappa shape index (κ1) is 12.8. The van der Waals surface area contributed by atoms with Crippen LogP contribution in [0.5, 0.6) is 0 Å². The van der Waals surface area contributed by atoms with Crippen LogP contribution >= 0.6 is 15.9 Å². The summed E-state index contributed by atoms with van der Waals surface area (Å²) in [5, 5.41) is 11.6. The smallest absolute Gasteiger partial charge is 0.321 e. The van der Waals surface area contributed by atoms with Crippen molar-refractivity contribution in [2.24, 2.45) is 5.92 Å². The third kappa shape index (κ3) is 2.79. The van der Waals surface area contributed by atoms with Gasteiger partial charge in [0.05, 0.1) is 16.1 Å². The fourth-order valence-electron chi connectivity index (χ4n) is 1.82. The molecular weight excluding hydrogens is 302 g/mol. The Bertz CT molecular complexity index is 480. The SMILES string of the molecule is O=C(O)C1CCN(C(=O)Nc2ccncc2Br)C1. The molecule has 0 aromatic carbocycles. The predicted octanol–water partition coefficient (Wildman–Crippen LogP) is 1.78. The zero-order chi connectivity index (χ0) is 13.1. The lowest BCUT2D eigenvalue weighted by Crippen LogP contribution is -2.33. The van der Waals surface area contributed by atoms with Gasteiger partial charge in [-0.25, -0.2) is 4.79 Å². The molecule has 1 atom stereocenters. The van der Waals surface area contributed by atoms with Crippen molar-refractivity contribution in [3.8, 4) is 0 Å². The Morgan fingerprint density at radius 2 is 2.33 bits per heavy atom. The molecule has 2 N–H and O–H groups in total. The molecule has 96 valence electrons. The molecule has 2 heterocycles. The maximum atomic E-state index is 11.9. The molecular formula is C11H12BrN3O3. The first-order valence-corrected chi connectivity index (χ1v) is 6.25. The topological polar surface area (TPSA) is 82.5 Å². The molecule has 1 saturated heterocycles. The van der Waals surface area contributed by atoms with Crippen molar-refractivity contribution in [3.05, 3.63) is 22.9 Å². The summed E-state index contributed by atoms with van der Waals surface area (Å²) in [6, 6.07) is 1.39. The summed E-state index contributed by atoms with van der Waals surface area (Å²) in [5.41, 5.74) is 0.619. The van der Waals surface area contributed by atoms with Crippen molar-refractivity contribution >= 4 is 33.6 Å². The molecule has 1 aliphatic heterocycles. The standard InChI is InChI=1S/C11H12BrN3O3/c12-8-5-13-3-1-9(8)14-11(18)15-4-2-7(6-15)10(16)17/h1,3,5,7H,2,4,6H2,(H,16,17)(H,13,14,18). The first-order chi connectivity index (χ1) is 8.58. The lowest BCUT2D eigenvalue weighted by molar-refractivity contribution is -0.141. The Balaban J connectivity index is 1.98. The van der Waals surface area contributed by atoms with Crippen molar-refractivity contribution < 1.29 is 14.7 Å². The van der Waals surface area contributed by atoms with E-state index in [0.29, 0.717) is 23.1 Å². The summed E-state index contributed by atoms with van der Waals surface area (Å²) in [6.45, 7) is 0.718. The Kier molecular flexibility index (Phi) is 3.81. The molecule has 1 fully saturated rings. The van der Waals surface area contributed by atoms with Crippen molar-refractivity contribution in [2.75, 3.05) is 18.4 Å². The quantitative estimate of drug-likeness (QED) is 0.872. The van der Waals surface area contributed by atoms with Crippen LogP contribution in [-0.2, 0) is 4.79 Å². The Hall–Kier alpha value is -1.63. The zero-order valence-electron chi connectivity index (χ0n) is 9.47. The van der Waals surface area contributed by atoms with Crippen LogP contribution in [0, 0.1) is 5.92 Å². The highest BCUT2D eigenvalue weighted by atomic mass is 79.9. The van der Waals surface area contributed by atoms with E-state index in [4.69, 9.17) is 5.11 Å². The Morgan fingerprint density at radius 1 is 1.56 bits per heavy atom. The summed E-state index contributed by atoms with van der Waals surface area (Å²) in [7, 11) is 0. The van der Waals surface area contributed by atoms with E-state index in [0.717, 1.165) is 0 Å². The van der Waals surface area contributed by atoms with Gasteiger partial charge in [-0.1, -0.05) is 0 Å². The number of hydrogen-bond donors (Lipinski definition) is 2. The molecule has 7 heteroatoms. The molecule has 0 bridgehead atoms. The van der Waals surface area contributed by atoms with Gasteiger partial charge in [0.25, 0.3) is 0 Å². The van der Waals surface area contributed by atoms with E-state index in [-0.39, 0.29) is 12.6 Å². The number of nitrogens with one attached hydrogen (secondary N) is 1. The highest BCUT2D eigenvalue weighted by Gasteiger charge is 2.30. The van der Waals surface area contributed by atoms with E-state index in [1.54, 1.807) is 18.5 Å². The first-order valence-electron chi connectivity index (χ1n) is 5.46. The Labute approximate surface area is 112 Å². The summed E-state index contributed by atoms with van der Waals surface area (Å²) in [4.78, 5) is 28.1.